The average molecular weight is 561 g/mol. The fourth-order valence-corrected chi connectivity index (χ4v) is 3.85. The topological polar surface area (TPSA) is 98.2 Å². The van der Waals surface area contributed by atoms with Crippen LogP contribution in [0.2, 0.25) is 10.0 Å². The number of methoxy groups -OCH3 is 1. The van der Waals surface area contributed by atoms with Gasteiger partial charge in [0.2, 0.25) is 5.88 Å². The van der Waals surface area contributed by atoms with Gasteiger partial charge in [-0.25, -0.2) is 14.6 Å². The number of rotatable bonds is 9. The molecule has 8 nitrogen and oxygen atoms in total. The van der Waals surface area contributed by atoms with Crippen molar-refractivity contribution in [1.82, 2.24) is 9.88 Å². The predicted octanol–water partition coefficient (Wildman–Crippen LogP) is 6.48. The number of hydrogen-bond acceptors (Lipinski definition) is 7. The monoisotopic (exact) mass is 560 g/mol. The number of nitrogens with zero attached hydrogens (tertiary/aromatic N) is 2. The highest BCUT2D eigenvalue weighted by Gasteiger charge is 2.24. The molecular formula is C28H30Cl2N2O6. The first-order valence-corrected chi connectivity index (χ1v) is 12.6. The van der Waals surface area contributed by atoms with Crippen molar-refractivity contribution < 1.29 is 28.9 Å². The number of ether oxygens (including phenoxy) is 3. The highest BCUT2D eigenvalue weighted by atomic mass is 35.5. The van der Waals surface area contributed by atoms with Gasteiger partial charge in [-0.2, -0.15) is 0 Å². The van der Waals surface area contributed by atoms with E-state index in [1.54, 1.807) is 57.2 Å². The van der Waals surface area contributed by atoms with Crippen molar-refractivity contribution in [1.29, 1.82) is 0 Å². The Bertz CT molecular complexity index is 1260. The maximum absolute atomic E-state index is 12.9. The zero-order chi connectivity index (χ0) is 27.9. The summed E-state index contributed by atoms with van der Waals surface area (Å²) in [5, 5.41) is 11.4. The van der Waals surface area contributed by atoms with Gasteiger partial charge in [-0.3, -0.25) is 0 Å². The molecule has 0 aliphatic heterocycles. The molecule has 1 amide bonds. The van der Waals surface area contributed by atoms with Crippen LogP contribution in [-0.4, -0.2) is 52.9 Å². The largest absolute Gasteiger partial charge is 0.465 e. The van der Waals surface area contributed by atoms with Crippen LogP contribution in [-0.2, 0) is 15.9 Å². The van der Waals surface area contributed by atoms with E-state index in [-0.39, 0.29) is 23.0 Å². The van der Waals surface area contributed by atoms with Crippen molar-refractivity contribution in [2.75, 3.05) is 20.2 Å². The predicted molar refractivity (Wildman–Crippen MR) is 145 cm³/mol. The molecule has 0 radical (unpaired) electrons. The van der Waals surface area contributed by atoms with Gasteiger partial charge in [0.05, 0.1) is 25.3 Å². The first kappa shape index (κ1) is 29.2. The number of benzene rings is 2. The van der Waals surface area contributed by atoms with E-state index in [4.69, 9.17) is 32.7 Å². The molecule has 1 atom stereocenters. The van der Waals surface area contributed by atoms with Gasteiger partial charge < -0.3 is 24.2 Å². The normalized spacial score (nSPS) is 12.0. The van der Waals surface area contributed by atoms with E-state index >= 15 is 0 Å². The number of aliphatic hydroxyl groups is 1. The SMILES string of the molecule is COC(=O)c1cnc(Oc2ccc(CCN(C[C@@H](O)c3cccc(Cl)c3)C(=O)OC(C)(C)C)cc2)c(Cl)c1. The number of hydrogen-bond donors (Lipinski definition) is 1. The molecule has 0 aliphatic rings. The molecule has 0 unspecified atom stereocenters. The Kier molecular flexibility index (Phi) is 9.96. The lowest BCUT2D eigenvalue weighted by atomic mass is 10.1. The van der Waals surface area contributed by atoms with Gasteiger partial charge in [0.1, 0.15) is 16.4 Å². The zero-order valence-corrected chi connectivity index (χ0v) is 23.1. The van der Waals surface area contributed by atoms with E-state index in [0.29, 0.717) is 29.3 Å². The van der Waals surface area contributed by atoms with Crippen LogP contribution in [0.1, 0.15) is 48.4 Å². The van der Waals surface area contributed by atoms with Crippen LogP contribution in [0.3, 0.4) is 0 Å². The minimum atomic E-state index is -0.931. The van der Waals surface area contributed by atoms with E-state index < -0.39 is 23.8 Å². The van der Waals surface area contributed by atoms with Crippen molar-refractivity contribution in [3.8, 4) is 11.6 Å². The third kappa shape index (κ3) is 8.62. The van der Waals surface area contributed by atoms with Crippen LogP contribution >= 0.6 is 23.2 Å². The first-order valence-electron chi connectivity index (χ1n) is 11.9. The summed E-state index contributed by atoms with van der Waals surface area (Å²) in [6.45, 7) is 5.73. The molecule has 2 aromatic carbocycles. The molecule has 202 valence electrons. The number of carbonyl (C=O) groups excluding carboxylic acids is 2. The average Bonchev–Trinajstić information content (AvgIpc) is 2.86. The summed E-state index contributed by atoms with van der Waals surface area (Å²) >= 11 is 12.3. The smallest absolute Gasteiger partial charge is 0.410 e. The van der Waals surface area contributed by atoms with Crippen LogP contribution in [0, 0.1) is 0 Å². The van der Waals surface area contributed by atoms with Crippen LogP contribution in [0.5, 0.6) is 11.6 Å². The number of pyridine rings is 1. The van der Waals surface area contributed by atoms with Gasteiger partial charge in [-0.05, 0) is 68.7 Å². The Morgan fingerprint density at radius 3 is 2.39 bits per heavy atom. The van der Waals surface area contributed by atoms with Gasteiger partial charge in [-0.1, -0.05) is 47.5 Å². The number of amides is 1. The molecule has 38 heavy (non-hydrogen) atoms. The van der Waals surface area contributed by atoms with E-state index in [9.17, 15) is 14.7 Å². The first-order chi connectivity index (χ1) is 17.9. The molecule has 1 aromatic heterocycles. The summed E-state index contributed by atoms with van der Waals surface area (Å²) in [7, 11) is 1.27. The minimum absolute atomic E-state index is 0.0438. The Labute approximate surface area is 232 Å². The highest BCUT2D eigenvalue weighted by Crippen LogP contribution is 2.28. The molecule has 0 spiro atoms. The summed E-state index contributed by atoms with van der Waals surface area (Å²) in [5.74, 6) is 0.100. The fourth-order valence-electron chi connectivity index (χ4n) is 3.44. The molecule has 3 aromatic rings. The summed E-state index contributed by atoms with van der Waals surface area (Å²) in [6.07, 6.45) is 0.383. The van der Waals surface area contributed by atoms with Crippen molar-refractivity contribution in [3.05, 3.63) is 87.5 Å². The summed E-state index contributed by atoms with van der Waals surface area (Å²) in [5.41, 5.74) is 1.08. The van der Waals surface area contributed by atoms with Gasteiger partial charge in [-0.15, -0.1) is 0 Å². The van der Waals surface area contributed by atoms with Crippen LogP contribution in [0.25, 0.3) is 0 Å². The van der Waals surface area contributed by atoms with E-state index in [1.807, 2.05) is 12.1 Å². The molecule has 0 fully saturated rings. The molecule has 0 saturated carbocycles. The van der Waals surface area contributed by atoms with Gasteiger partial charge >= 0.3 is 12.1 Å². The number of carbonyl (C=O) groups is 2. The third-order valence-corrected chi connectivity index (χ3v) is 5.82. The highest BCUT2D eigenvalue weighted by molar-refractivity contribution is 6.32. The molecule has 3 rings (SSSR count). The number of aliphatic hydroxyl groups excluding tert-OH is 1. The van der Waals surface area contributed by atoms with Gasteiger partial charge in [0, 0.05) is 17.8 Å². The Morgan fingerprint density at radius 2 is 1.79 bits per heavy atom. The summed E-state index contributed by atoms with van der Waals surface area (Å²) < 4.78 is 16.0. The number of halogens is 2. The van der Waals surface area contributed by atoms with Crippen molar-refractivity contribution in [3.63, 3.8) is 0 Å². The number of esters is 1. The summed E-state index contributed by atoms with van der Waals surface area (Å²) in [6, 6.07) is 15.5. The van der Waals surface area contributed by atoms with Crippen molar-refractivity contribution >= 4 is 35.3 Å². The van der Waals surface area contributed by atoms with Crippen LogP contribution < -0.4 is 4.74 Å². The van der Waals surface area contributed by atoms with E-state index in [1.165, 1.54) is 24.3 Å². The lowest BCUT2D eigenvalue weighted by Gasteiger charge is -2.29. The molecule has 10 heteroatoms. The van der Waals surface area contributed by atoms with Crippen molar-refractivity contribution in [2.45, 2.75) is 38.9 Å². The van der Waals surface area contributed by atoms with Crippen molar-refractivity contribution in [2.24, 2.45) is 0 Å². The lowest BCUT2D eigenvalue weighted by molar-refractivity contribution is 0.0147. The maximum atomic E-state index is 12.9. The standard InChI is InChI=1S/C28H30Cl2N2O6/c1-28(2,3)38-27(35)32(17-24(33)19-6-5-7-21(29)14-19)13-12-18-8-10-22(11-9-18)37-25-23(30)15-20(16-31-25)26(34)36-4/h5-11,14-16,24,33H,12-13,17H2,1-4H3/t24-/m1/s1. The molecule has 0 bridgehead atoms. The zero-order valence-electron chi connectivity index (χ0n) is 21.6. The summed E-state index contributed by atoms with van der Waals surface area (Å²) in [4.78, 5) is 30.1. The van der Waals surface area contributed by atoms with Gasteiger partial charge in [0.15, 0.2) is 0 Å². The quantitative estimate of drug-likeness (QED) is 0.299. The van der Waals surface area contributed by atoms with E-state index in [2.05, 4.69) is 9.72 Å². The van der Waals surface area contributed by atoms with E-state index in [0.717, 1.165) is 5.56 Å². The molecule has 1 N–H and O–H groups in total. The molecular weight excluding hydrogens is 531 g/mol. The third-order valence-electron chi connectivity index (χ3n) is 5.32. The second-order valence-electron chi connectivity index (χ2n) is 9.50. The van der Waals surface area contributed by atoms with Gasteiger partial charge in [0.25, 0.3) is 0 Å². The Morgan fingerprint density at radius 1 is 1.08 bits per heavy atom. The lowest BCUT2D eigenvalue weighted by Crippen LogP contribution is -2.40. The molecule has 1 heterocycles. The molecule has 0 saturated heterocycles. The minimum Gasteiger partial charge on any atom is -0.465 e. The maximum Gasteiger partial charge on any atom is 0.410 e. The molecule has 0 aliphatic carbocycles. The second kappa shape index (κ2) is 13.0. The number of aromatic nitrogens is 1. The van der Waals surface area contributed by atoms with Crippen LogP contribution in [0.4, 0.5) is 4.79 Å². The van der Waals surface area contributed by atoms with Crippen LogP contribution in [0.15, 0.2) is 60.8 Å². The Hall–Kier alpha value is -3.33. The Balaban J connectivity index is 1.66. The fraction of sp³-hybridized carbons (Fsp3) is 0.321. The second-order valence-corrected chi connectivity index (χ2v) is 10.3.